The Morgan fingerprint density at radius 3 is 2.12 bits per heavy atom. The van der Waals surface area contributed by atoms with Gasteiger partial charge in [-0.3, -0.25) is 9.97 Å². The zero-order valence-electron chi connectivity index (χ0n) is 23.3. The highest BCUT2D eigenvalue weighted by Gasteiger charge is 2.21. The first-order valence-corrected chi connectivity index (χ1v) is 14.6. The van der Waals surface area contributed by atoms with Crippen LogP contribution in [0, 0.1) is 0 Å². The van der Waals surface area contributed by atoms with E-state index < -0.39 is 0 Å². The Morgan fingerprint density at radius 1 is 0.465 bits per heavy atom. The number of aromatic nitrogens is 3. The van der Waals surface area contributed by atoms with Gasteiger partial charge in [0.2, 0.25) is 0 Å². The van der Waals surface area contributed by atoms with Gasteiger partial charge >= 0.3 is 0 Å². The molecule has 0 amide bonds. The number of pyridine rings is 2. The summed E-state index contributed by atoms with van der Waals surface area (Å²) >= 11 is 0. The van der Waals surface area contributed by atoms with Crippen LogP contribution in [0.5, 0.6) is 0 Å². The lowest BCUT2D eigenvalue weighted by Crippen LogP contribution is -1.94. The smallest absolute Gasteiger partial charge is 0.0780 e. The largest absolute Gasteiger partial charge is 0.309 e. The number of benzene rings is 6. The summed E-state index contributed by atoms with van der Waals surface area (Å²) in [4.78, 5) is 9.80. The molecule has 3 nitrogen and oxygen atoms in total. The van der Waals surface area contributed by atoms with Gasteiger partial charge in [-0.2, -0.15) is 0 Å². The van der Waals surface area contributed by atoms with Crippen molar-refractivity contribution in [2.45, 2.75) is 0 Å². The van der Waals surface area contributed by atoms with E-state index in [2.05, 4.69) is 150 Å². The molecule has 0 aliphatic carbocycles. The maximum absolute atomic E-state index is 4.95. The van der Waals surface area contributed by atoms with Gasteiger partial charge in [-0.25, -0.2) is 0 Å². The molecule has 0 fully saturated rings. The highest BCUT2D eigenvalue weighted by Crippen LogP contribution is 2.45. The molecule has 43 heavy (non-hydrogen) atoms. The van der Waals surface area contributed by atoms with Gasteiger partial charge in [0.15, 0.2) is 0 Å². The lowest BCUT2D eigenvalue weighted by molar-refractivity contribution is 1.18. The second-order valence-corrected chi connectivity index (χ2v) is 11.0. The van der Waals surface area contributed by atoms with E-state index in [4.69, 9.17) is 9.97 Å². The monoisotopic (exact) mass is 547 g/mol. The van der Waals surface area contributed by atoms with Crippen molar-refractivity contribution in [2.75, 3.05) is 0 Å². The Bertz CT molecular complexity index is 2500. The fourth-order valence-corrected chi connectivity index (χ4v) is 6.77. The number of hydrogen-bond acceptors (Lipinski definition) is 2. The summed E-state index contributed by atoms with van der Waals surface area (Å²) in [5.41, 5.74) is 8.94. The van der Waals surface area contributed by atoms with Gasteiger partial charge in [-0.05, 0) is 58.8 Å². The van der Waals surface area contributed by atoms with Crippen LogP contribution < -0.4 is 0 Å². The average molecular weight is 548 g/mol. The van der Waals surface area contributed by atoms with Gasteiger partial charge in [0.25, 0.3) is 0 Å². The molecule has 0 spiro atoms. The van der Waals surface area contributed by atoms with E-state index in [0.717, 1.165) is 44.2 Å². The first-order valence-electron chi connectivity index (χ1n) is 14.6. The standard InChI is InChI=1S/C40H25N3/c1-2-14-29(15-3-1)43-36-20-9-7-18-32(36)39-37(43)24-33-31-17-6-8-19-35(31)42-25-34(33)38(39)27-12-10-13-28(23-27)40-30-16-5-4-11-26(30)21-22-41-40/h1-25H. The molecule has 9 rings (SSSR count). The summed E-state index contributed by atoms with van der Waals surface area (Å²) in [7, 11) is 0. The van der Waals surface area contributed by atoms with E-state index in [1.165, 1.54) is 38.1 Å². The topological polar surface area (TPSA) is 30.7 Å². The molecule has 3 heteroatoms. The van der Waals surface area contributed by atoms with E-state index in [-0.39, 0.29) is 0 Å². The Balaban J connectivity index is 1.45. The lowest BCUT2D eigenvalue weighted by atomic mass is 9.91. The van der Waals surface area contributed by atoms with Crippen molar-refractivity contribution >= 4 is 54.3 Å². The molecule has 3 heterocycles. The third-order valence-electron chi connectivity index (χ3n) is 8.64. The summed E-state index contributed by atoms with van der Waals surface area (Å²) < 4.78 is 2.40. The Kier molecular flexibility index (Phi) is 5.20. The second-order valence-electron chi connectivity index (χ2n) is 11.0. The Morgan fingerprint density at radius 2 is 1.21 bits per heavy atom. The average Bonchev–Trinajstić information content (AvgIpc) is 3.41. The molecule has 0 N–H and O–H groups in total. The summed E-state index contributed by atoms with van der Waals surface area (Å²) in [6, 6.07) is 49.6. The number of para-hydroxylation sites is 3. The van der Waals surface area contributed by atoms with Crippen LogP contribution in [-0.2, 0) is 0 Å². The van der Waals surface area contributed by atoms with E-state index >= 15 is 0 Å². The third-order valence-corrected chi connectivity index (χ3v) is 8.64. The molecule has 0 saturated carbocycles. The van der Waals surface area contributed by atoms with E-state index in [1.54, 1.807) is 0 Å². The Labute approximate surface area is 248 Å². The maximum atomic E-state index is 4.95. The van der Waals surface area contributed by atoms with Crippen molar-refractivity contribution in [1.29, 1.82) is 0 Å². The van der Waals surface area contributed by atoms with Crippen LogP contribution in [0.4, 0.5) is 0 Å². The summed E-state index contributed by atoms with van der Waals surface area (Å²) in [6.45, 7) is 0. The summed E-state index contributed by atoms with van der Waals surface area (Å²) in [5.74, 6) is 0. The van der Waals surface area contributed by atoms with Crippen molar-refractivity contribution in [2.24, 2.45) is 0 Å². The van der Waals surface area contributed by atoms with Crippen molar-refractivity contribution in [3.8, 4) is 28.1 Å². The first kappa shape index (κ1) is 23.9. The summed E-state index contributed by atoms with van der Waals surface area (Å²) in [5, 5.41) is 8.28. The normalized spacial score (nSPS) is 11.7. The van der Waals surface area contributed by atoms with Gasteiger partial charge in [-0.15, -0.1) is 0 Å². The second kappa shape index (κ2) is 9.37. The molecule has 200 valence electrons. The molecule has 0 saturated heterocycles. The van der Waals surface area contributed by atoms with Crippen molar-refractivity contribution in [3.63, 3.8) is 0 Å². The molecular weight excluding hydrogens is 522 g/mol. The number of hydrogen-bond donors (Lipinski definition) is 0. The number of rotatable bonds is 3. The maximum Gasteiger partial charge on any atom is 0.0780 e. The minimum Gasteiger partial charge on any atom is -0.309 e. The van der Waals surface area contributed by atoms with Gasteiger partial charge < -0.3 is 4.57 Å². The molecule has 9 aromatic rings. The van der Waals surface area contributed by atoms with Gasteiger partial charge in [0.05, 0.1) is 22.2 Å². The van der Waals surface area contributed by atoms with Crippen LogP contribution in [0.2, 0.25) is 0 Å². The lowest BCUT2D eigenvalue weighted by Gasteiger charge is -2.15. The van der Waals surface area contributed by atoms with Crippen molar-refractivity contribution < 1.29 is 0 Å². The first-order chi connectivity index (χ1) is 21.3. The van der Waals surface area contributed by atoms with Crippen LogP contribution in [0.15, 0.2) is 152 Å². The van der Waals surface area contributed by atoms with E-state index in [1.807, 2.05) is 6.20 Å². The molecule has 0 bridgehead atoms. The molecule has 0 aliphatic heterocycles. The highest BCUT2D eigenvalue weighted by atomic mass is 15.0. The van der Waals surface area contributed by atoms with Crippen LogP contribution in [0.25, 0.3) is 82.3 Å². The van der Waals surface area contributed by atoms with Gasteiger partial charge in [0, 0.05) is 56.1 Å². The van der Waals surface area contributed by atoms with Crippen LogP contribution in [-0.4, -0.2) is 14.5 Å². The molecule has 0 radical (unpaired) electrons. The zero-order valence-corrected chi connectivity index (χ0v) is 23.3. The fourth-order valence-electron chi connectivity index (χ4n) is 6.77. The molecule has 0 atom stereocenters. The predicted molar refractivity (Wildman–Crippen MR) is 180 cm³/mol. The quantitative estimate of drug-likeness (QED) is 0.206. The molecule has 0 unspecified atom stereocenters. The third kappa shape index (κ3) is 3.62. The zero-order chi connectivity index (χ0) is 28.3. The van der Waals surface area contributed by atoms with E-state index in [9.17, 15) is 0 Å². The Hall–Kier alpha value is -5.80. The minimum absolute atomic E-state index is 0.992. The molecule has 6 aromatic carbocycles. The minimum atomic E-state index is 0.992. The molecule has 3 aromatic heterocycles. The van der Waals surface area contributed by atoms with Crippen LogP contribution in [0.1, 0.15) is 0 Å². The summed E-state index contributed by atoms with van der Waals surface area (Å²) in [6.07, 6.45) is 3.97. The van der Waals surface area contributed by atoms with Crippen molar-refractivity contribution in [3.05, 3.63) is 152 Å². The van der Waals surface area contributed by atoms with Gasteiger partial charge in [-0.1, -0.05) is 97.1 Å². The molecular formula is C40H25N3. The SMILES string of the molecule is c1ccc(-n2c3ccccc3c3c(-c4cccc(-c5nccc6ccccc56)c4)c4cnc5ccccc5c4cc32)cc1. The molecule has 0 aliphatic rings. The van der Waals surface area contributed by atoms with Crippen LogP contribution in [0.3, 0.4) is 0 Å². The van der Waals surface area contributed by atoms with Gasteiger partial charge in [0.1, 0.15) is 0 Å². The number of nitrogens with zero attached hydrogens (tertiary/aromatic N) is 3. The number of fused-ring (bicyclic) bond motifs is 7. The fraction of sp³-hybridized carbons (Fsp3) is 0. The van der Waals surface area contributed by atoms with Crippen molar-refractivity contribution in [1.82, 2.24) is 14.5 Å². The predicted octanol–water partition coefficient (Wildman–Crippen LogP) is 10.4. The van der Waals surface area contributed by atoms with E-state index in [0.29, 0.717) is 0 Å². The highest BCUT2D eigenvalue weighted by molar-refractivity contribution is 6.26. The van der Waals surface area contributed by atoms with Crippen LogP contribution >= 0.6 is 0 Å².